The predicted octanol–water partition coefficient (Wildman–Crippen LogP) is 0.317. The SMILES string of the molecule is OB(O)c1cc2cc(CF)ccc2[nH]1. The van der Waals surface area contributed by atoms with Gasteiger partial charge < -0.3 is 15.0 Å². The van der Waals surface area contributed by atoms with Crippen molar-refractivity contribution in [1.82, 2.24) is 4.98 Å². The van der Waals surface area contributed by atoms with Gasteiger partial charge in [0.15, 0.2) is 0 Å². The second kappa shape index (κ2) is 3.44. The van der Waals surface area contributed by atoms with E-state index in [2.05, 4.69) is 4.98 Å². The maximum absolute atomic E-state index is 12.3. The van der Waals surface area contributed by atoms with Crippen LogP contribution in [0.4, 0.5) is 4.39 Å². The van der Waals surface area contributed by atoms with Gasteiger partial charge in [-0.3, -0.25) is 0 Å². The fourth-order valence-corrected chi connectivity index (χ4v) is 1.43. The van der Waals surface area contributed by atoms with Gasteiger partial charge in [-0.05, 0) is 29.1 Å². The van der Waals surface area contributed by atoms with Crippen molar-refractivity contribution in [3.63, 3.8) is 0 Å². The van der Waals surface area contributed by atoms with E-state index in [1.807, 2.05) is 0 Å². The highest BCUT2D eigenvalue weighted by atomic mass is 19.1. The predicted molar refractivity (Wildman–Crippen MR) is 52.9 cm³/mol. The molecule has 0 bridgehead atoms. The number of H-pyrrole nitrogens is 1. The number of hydrogen-bond donors (Lipinski definition) is 3. The van der Waals surface area contributed by atoms with Gasteiger partial charge in [-0.25, -0.2) is 4.39 Å². The van der Waals surface area contributed by atoms with Crippen LogP contribution in [0.1, 0.15) is 5.56 Å². The molecule has 0 saturated carbocycles. The first-order chi connectivity index (χ1) is 6.70. The molecule has 0 aliphatic rings. The van der Waals surface area contributed by atoms with E-state index in [1.54, 1.807) is 24.3 Å². The molecule has 5 heteroatoms. The molecule has 0 atom stereocenters. The number of benzene rings is 1. The molecule has 1 aromatic carbocycles. The molecule has 2 aromatic rings. The van der Waals surface area contributed by atoms with E-state index in [-0.39, 0.29) is 0 Å². The van der Waals surface area contributed by atoms with Crippen molar-refractivity contribution in [3.8, 4) is 0 Å². The fourth-order valence-electron chi connectivity index (χ4n) is 1.43. The largest absolute Gasteiger partial charge is 0.505 e. The van der Waals surface area contributed by atoms with Crippen molar-refractivity contribution in [1.29, 1.82) is 0 Å². The number of alkyl halides is 1. The Labute approximate surface area is 80.3 Å². The van der Waals surface area contributed by atoms with E-state index in [0.717, 1.165) is 10.9 Å². The number of fused-ring (bicyclic) bond motifs is 1. The zero-order valence-electron chi connectivity index (χ0n) is 7.37. The molecule has 0 saturated heterocycles. The maximum Gasteiger partial charge on any atom is 0.505 e. The van der Waals surface area contributed by atoms with Crippen molar-refractivity contribution in [2.75, 3.05) is 0 Å². The lowest BCUT2D eigenvalue weighted by molar-refractivity contribution is 0.424. The molecule has 2 rings (SSSR count). The van der Waals surface area contributed by atoms with Gasteiger partial charge in [0.25, 0.3) is 0 Å². The van der Waals surface area contributed by atoms with E-state index in [0.29, 0.717) is 11.2 Å². The van der Waals surface area contributed by atoms with E-state index >= 15 is 0 Å². The highest BCUT2D eigenvalue weighted by Crippen LogP contribution is 2.14. The number of rotatable bonds is 2. The summed E-state index contributed by atoms with van der Waals surface area (Å²) >= 11 is 0. The molecule has 3 nitrogen and oxygen atoms in total. The van der Waals surface area contributed by atoms with E-state index in [9.17, 15) is 4.39 Å². The van der Waals surface area contributed by atoms with Crippen LogP contribution in [0, 0.1) is 0 Å². The Balaban J connectivity index is 2.54. The Morgan fingerprint density at radius 2 is 2.07 bits per heavy atom. The zero-order valence-corrected chi connectivity index (χ0v) is 7.37. The van der Waals surface area contributed by atoms with Crippen molar-refractivity contribution in [2.45, 2.75) is 6.67 Å². The Bertz CT molecular complexity index is 455. The molecule has 14 heavy (non-hydrogen) atoms. The van der Waals surface area contributed by atoms with Crippen LogP contribution in [-0.2, 0) is 6.67 Å². The van der Waals surface area contributed by atoms with Gasteiger partial charge in [0.1, 0.15) is 6.67 Å². The summed E-state index contributed by atoms with van der Waals surface area (Å²) in [5.41, 5.74) is 1.66. The van der Waals surface area contributed by atoms with Crippen LogP contribution < -0.4 is 5.59 Å². The summed E-state index contributed by atoms with van der Waals surface area (Å²) in [7, 11) is -1.52. The summed E-state index contributed by atoms with van der Waals surface area (Å²) in [6.45, 7) is -0.516. The maximum atomic E-state index is 12.3. The third-order valence-corrected chi connectivity index (χ3v) is 2.14. The second-order valence-corrected chi connectivity index (χ2v) is 3.15. The van der Waals surface area contributed by atoms with Crippen LogP contribution in [0.3, 0.4) is 0 Å². The first kappa shape index (κ1) is 9.24. The van der Waals surface area contributed by atoms with E-state index in [4.69, 9.17) is 10.0 Å². The number of aromatic amines is 1. The Morgan fingerprint density at radius 3 is 2.71 bits per heavy atom. The molecule has 0 aliphatic heterocycles. The van der Waals surface area contributed by atoms with Gasteiger partial charge in [-0.15, -0.1) is 0 Å². The van der Waals surface area contributed by atoms with Gasteiger partial charge in [-0.1, -0.05) is 6.07 Å². The van der Waals surface area contributed by atoms with Gasteiger partial charge in [-0.2, -0.15) is 0 Å². The first-order valence-electron chi connectivity index (χ1n) is 4.24. The topological polar surface area (TPSA) is 56.2 Å². The minimum absolute atomic E-state index is 0.316. The van der Waals surface area contributed by atoms with Crippen LogP contribution >= 0.6 is 0 Å². The molecular formula is C9H9BFNO2. The molecule has 1 aromatic heterocycles. The Morgan fingerprint density at radius 1 is 1.29 bits per heavy atom. The molecule has 3 N–H and O–H groups in total. The van der Waals surface area contributed by atoms with Crippen molar-refractivity contribution in [2.24, 2.45) is 0 Å². The van der Waals surface area contributed by atoms with Crippen molar-refractivity contribution in [3.05, 3.63) is 29.8 Å². The van der Waals surface area contributed by atoms with E-state index < -0.39 is 13.8 Å². The summed E-state index contributed by atoms with van der Waals surface area (Å²) in [4.78, 5) is 2.82. The van der Waals surface area contributed by atoms with Crippen molar-refractivity contribution < 1.29 is 14.4 Å². The second-order valence-electron chi connectivity index (χ2n) is 3.15. The summed E-state index contributed by atoms with van der Waals surface area (Å²) in [5, 5.41) is 18.6. The number of nitrogens with one attached hydrogen (secondary N) is 1. The molecular weight excluding hydrogens is 184 g/mol. The quantitative estimate of drug-likeness (QED) is 0.601. The van der Waals surface area contributed by atoms with Gasteiger partial charge in [0, 0.05) is 11.1 Å². The third-order valence-electron chi connectivity index (χ3n) is 2.14. The number of halogens is 1. The third kappa shape index (κ3) is 1.52. The smallest absolute Gasteiger partial charge is 0.422 e. The van der Waals surface area contributed by atoms with Gasteiger partial charge in [0.2, 0.25) is 0 Å². The average Bonchev–Trinajstić information content (AvgIpc) is 2.59. The number of hydrogen-bond acceptors (Lipinski definition) is 2. The average molecular weight is 193 g/mol. The summed E-state index contributed by atoms with van der Waals surface area (Å²) in [6.07, 6.45) is 0. The lowest BCUT2D eigenvalue weighted by Crippen LogP contribution is -2.30. The molecule has 1 heterocycles. The molecule has 0 radical (unpaired) electrons. The first-order valence-corrected chi connectivity index (χ1v) is 4.24. The standard InChI is InChI=1S/C9H9BFNO2/c11-5-6-1-2-8-7(3-6)4-9(12-8)10(13)14/h1-4,12-14H,5H2. The van der Waals surface area contributed by atoms with Crippen LogP contribution in [0.25, 0.3) is 10.9 Å². The lowest BCUT2D eigenvalue weighted by atomic mass is 9.86. The van der Waals surface area contributed by atoms with Gasteiger partial charge in [0.05, 0.1) is 0 Å². The summed E-state index contributed by atoms with van der Waals surface area (Å²) in [6, 6.07) is 6.65. The minimum atomic E-state index is -1.52. The minimum Gasteiger partial charge on any atom is -0.422 e. The normalized spacial score (nSPS) is 10.8. The molecule has 72 valence electrons. The highest BCUT2D eigenvalue weighted by molar-refractivity contribution is 6.58. The van der Waals surface area contributed by atoms with Crippen LogP contribution in [0.5, 0.6) is 0 Å². The fraction of sp³-hybridized carbons (Fsp3) is 0.111. The molecule has 0 amide bonds. The van der Waals surface area contributed by atoms with Crippen LogP contribution in [0.2, 0.25) is 0 Å². The Kier molecular flexibility index (Phi) is 2.27. The van der Waals surface area contributed by atoms with E-state index in [1.165, 1.54) is 0 Å². The zero-order chi connectivity index (χ0) is 10.1. The molecule has 0 aliphatic carbocycles. The summed E-state index contributed by atoms with van der Waals surface area (Å²) in [5.74, 6) is 0. The summed E-state index contributed by atoms with van der Waals surface area (Å²) < 4.78 is 12.3. The van der Waals surface area contributed by atoms with Crippen LogP contribution in [0.15, 0.2) is 24.3 Å². The number of aromatic nitrogens is 1. The molecule has 0 fully saturated rings. The molecule has 0 unspecified atom stereocenters. The highest BCUT2D eigenvalue weighted by Gasteiger charge is 2.13. The van der Waals surface area contributed by atoms with Gasteiger partial charge >= 0.3 is 7.12 Å². The Hall–Kier alpha value is -1.33. The van der Waals surface area contributed by atoms with Crippen LogP contribution in [-0.4, -0.2) is 22.2 Å². The van der Waals surface area contributed by atoms with Crippen molar-refractivity contribution >= 4 is 23.6 Å². The monoisotopic (exact) mass is 193 g/mol. The lowest BCUT2D eigenvalue weighted by Gasteiger charge is -1.93. The molecule has 0 spiro atoms.